The van der Waals surface area contributed by atoms with Crippen LogP contribution in [0.1, 0.15) is 31.2 Å². The Bertz CT molecular complexity index is 947. The lowest BCUT2D eigenvalue weighted by Crippen LogP contribution is -2.23. The molecule has 3 aliphatic rings. The number of hydrogen-bond donors (Lipinski definition) is 2. The Morgan fingerprint density at radius 2 is 2.10 bits per heavy atom. The smallest absolute Gasteiger partial charge is 0.125 e. The Labute approximate surface area is 176 Å². The van der Waals surface area contributed by atoms with Crippen LogP contribution in [-0.2, 0) is 9.47 Å². The third kappa shape index (κ3) is 4.06. The Balaban J connectivity index is 1.39. The van der Waals surface area contributed by atoms with Crippen LogP contribution >= 0.6 is 11.9 Å². The number of allylic oxidation sites excluding steroid dienone is 2. The molecule has 6 heteroatoms. The summed E-state index contributed by atoms with van der Waals surface area (Å²) < 4.78 is 13.6. The van der Waals surface area contributed by atoms with E-state index in [0.29, 0.717) is 6.04 Å². The zero-order valence-corrected chi connectivity index (χ0v) is 17.9. The molecule has 1 saturated heterocycles. The van der Waals surface area contributed by atoms with E-state index in [1.165, 1.54) is 53.5 Å². The minimum atomic E-state index is 0.00535. The lowest BCUT2D eigenvalue weighted by atomic mass is 9.95. The van der Waals surface area contributed by atoms with Crippen LogP contribution in [0.15, 0.2) is 42.3 Å². The number of nitrogens with zero attached hydrogens (tertiary/aromatic N) is 1. The molecular weight excluding hydrogens is 382 g/mol. The van der Waals surface area contributed by atoms with Crippen LogP contribution in [0.25, 0.3) is 16.5 Å². The minimum Gasteiger partial charge on any atom is -0.498 e. The maximum atomic E-state index is 5.57. The highest BCUT2D eigenvalue weighted by atomic mass is 32.2. The van der Waals surface area contributed by atoms with Gasteiger partial charge in [-0.1, -0.05) is 18.0 Å². The normalized spacial score (nSPS) is 25.2. The summed E-state index contributed by atoms with van der Waals surface area (Å²) in [7, 11) is 3.45. The maximum Gasteiger partial charge on any atom is 0.125 e. The number of benzene rings is 1. The van der Waals surface area contributed by atoms with E-state index >= 15 is 0 Å². The standard InChI is InChI=1S/C23H29N3O2S/c1-27-21-6-3-15(13-22(21)28-2)17-11-16-7-9-24-23(16)20(12-17)25-18-8-10-26(14-18)29-19-4-5-19/h3,7,9,11-13,18-19,21,24-25H,4-6,8,10,14H2,1-2H3. The number of anilines is 1. The van der Waals surface area contributed by atoms with E-state index in [0.717, 1.165) is 24.0 Å². The summed E-state index contributed by atoms with van der Waals surface area (Å²) >= 11 is 2.07. The molecular formula is C23H29N3O2S. The molecule has 0 spiro atoms. The predicted octanol–water partition coefficient (Wildman–Crippen LogP) is 4.80. The molecule has 29 heavy (non-hydrogen) atoms. The maximum absolute atomic E-state index is 5.57. The van der Waals surface area contributed by atoms with Gasteiger partial charge in [0.1, 0.15) is 11.9 Å². The van der Waals surface area contributed by atoms with Crippen LogP contribution < -0.4 is 5.32 Å². The van der Waals surface area contributed by atoms with Crippen LogP contribution in [0.4, 0.5) is 5.69 Å². The molecule has 2 atom stereocenters. The van der Waals surface area contributed by atoms with Crippen molar-refractivity contribution in [3.05, 3.63) is 47.9 Å². The van der Waals surface area contributed by atoms with Gasteiger partial charge in [0.05, 0.1) is 18.3 Å². The Kier molecular flexibility index (Phi) is 5.33. The van der Waals surface area contributed by atoms with E-state index in [-0.39, 0.29) is 6.10 Å². The lowest BCUT2D eigenvalue weighted by molar-refractivity contribution is 0.0799. The van der Waals surface area contributed by atoms with Gasteiger partial charge < -0.3 is 19.8 Å². The third-order valence-electron chi connectivity index (χ3n) is 6.01. The summed E-state index contributed by atoms with van der Waals surface area (Å²) in [6.07, 6.45) is 11.2. The number of H-pyrrole nitrogens is 1. The fraction of sp³-hybridized carbons (Fsp3) is 0.478. The molecule has 2 aromatic rings. The Morgan fingerprint density at radius 3 is 2.90 bits per heavy atom. The number of methoxy groups -OCH3 is 2. The summed E-state index contributed by atoms with van der Waals surface area (Å²) in [6, 6.07) is 7.17. The van der Waals surface area contributed by atoms with Gasteiger partial charge in [-0.2, -0.15) is 0 Å². The molecule has 2 N–H and O–H groups in total. The van der Waals surface area contributed by atoms with Crippen LogP contribution in [0, 0.1) is 0 Å². The molecule has 5 nitrogen and oxygen atoms in total. The fourth-order valence-electron chi connectivity index (χ4n) is 4.26. The van der Waals surface area contributed by atoms with Gasteiger partial charge in [-0.05, 0) is 61.1 Å². The summed E-state index contributed by atoms with van der Waals surface area (Å²) in [4.78, 5) is 3.42. The zero-order valence-electron chi connectivity index (χ0n) is 17.1. The van der Waals surface area contributed by atoms with E-state index in [9.17, 15) is 0 Å². The van der Waals surface area contributed by atoms with E-state index in [4.69, 9.17) is 9.47 Å². The van der Waals surface area contributed by atoms with Crippen molar-refractivity contribution < 1.29 is 9.47 Å². The van der Waals surface area contributed by atoms with Gasteiger partial charge in [0.2, 0.25) is 0 Å². The second-order valence-electron chi connectivity index (χ2n) is 8.16. The van der Waals surface area contributed by atoms with Crippen LogP contribution in [0.2, 0.25) is 0 Å². The predicted molar refractivity (Wildman–Crippen MR) is 121 cm³/mol. The van der Waals surface area contributed by atoms with Crippen molar-refractivity contribution in [2.75, 3.05) is 32.6 Å². The van der Waals surface area contributed by atoms with E-state index in [2.05, 4.69) is 56.9 Å². The number of ether oxygens (including phenoxy) is 2. The monoisotopic (exact) mass is 411 g/mol. The van der Waals surface area contributed by atoms with Crippen molar-refractivity contribution in [1.29, 1.82) is 0 Å². The number of hydrogen-bond acceptors (Lipinski definition) is 5. The topological polar surface area (TPSA) is 49.5 Å². The summed E-state index contributed by atoms with van der Waals surface area (Å²) in [5.41, 5.74) is 4.78. The SMILES string of the molecule is COC1=CC(c2cc(NC3CCN(SC4CC4)C3)c3[nH]ccc3c2)=CCC1OC. The fourth-order valence-corrected chi connectivity index (χ4v) is 5.50. The van der Waals surface area contributed by atoms with Crippen molar-refractivity contribution >= 4 is 34.1 Å². The van der Waals surface area contributed by atoms with Crippen LogP contribution in [-0.4, -0.2) is 54.0 Å². The molecule has 0 amide bonds. The lowest BCUT2D eigenvalue weighted by Gasteiger charge is -2.22. The van der Waals surface area contributed by atoms with Crippen molar-refractivity contribution in [3.8, 4) is 0 Å². The van der Waals surface area contributed by atoms with Crippen molar-refractivity contribution in [3.63, 3.8) is 0 Å². The molecule has 1 aliphatic heterocycles. The number of rotatable bonds is 7. The van der Waals surface area contributed by atoms with Crippen molar-refractivity contribution in [2.24, 2.45) is 0 Å². The highest BCUT2D eigenvalue weighted by Crippen LogP contribution is 2.38. The molecule has 2 aliphatic carbocycles. The van der Waals surface area contributed by atoms with Crippen molar-refractivity contribution in [1.82, 2.24) is 9.29 Å². The summed E-state index contributed by atoms with van der Waals surface area (Å²) in [6.45, 7) is 2.29. The summed E-state index contributed by atoms with van der Waals surface area (Å²) in [5, 5.41) is 5.94. The third-order valence-corrected chi connectivity index (χ3v) is 7.41. The first kappa shape index (κ1) is 19.1. The first-order valence-corrected chi connectivity index (χ1v) is 11.4. The molecule has 1 aromatic heterocycles. The molecule has 154 valence electrons. The molecule has 0 radical (unpaired) electrons. The van der Waals surface area contributed by atoms with Gasteiger partial charge in [0.15, 0.2) is 0 Å². The van der Waals surface area contributed by atoms with Gasteiger partial charge >= 0.3 is 0 Å². The average Bonchev–Trinajstić information content (AvgIpc) is 3.23. The Hall–Kier alpha value is -1.89. The van der Waals surface area contributed by atoms with E-state index in [1.807, 2.05) is 6.20 Å². The molecule has 2 fully saturated rings. The summed E-state index contributed by atoms with van der Waals surface area (Å²) in [5.74, 6) is 0.886. The second kappa shape index (κ2) is 8.09. The van der Waals surface area contributed by atoms with E-state index in [1.54, 1.807) is 14.2 Å². The van der Waals surface area contributed by atoms with Crippen LogP contribution in [0.3, 0.4) is 0 Å². The Morgan fingerprint density at radius 1 is 1.21 bits per heavy atom. The molecule has 1 aromatic carbocycles. The minimum absolute atomic E-state index is 0.00535. The molecule has 1 saturated carbocycles. The highest BCUT2D eigenvalue weighted by Gasteiger charge is 2.30. The molecule has 2 unspecified atom stereocenters. The highest BCUT2D eigenvalue weighted by molar-refractivity contribution is 7.97. The van der Waals surface area contributed by atoms with Gasteiger partial charge in [0, 0.05) is 43.1 Å². The van der Waals surface area contributed by atoms with Gasteiger partial charge in [-0.3, -0.25) is 0 Å². The quantitative estimate of drug-likeness (QED) is 0.641. The molecule has 2 heterocycles. The number of fused-ring (bicyclic) bond motifs is 1. The van der Waals surface area contributed by atoms with E-state index < -0.39 is 0 Å². The second-order valence-corrected chi connectivity index (χ2v) is 9.55. The van der Waals surface area contributed by atoms with Crippen LogP contribution in [0.5, 0.6) is 0 Å². The number of aromatic nitrogens is 1. The number of nitrogens with one attached hydrogen (secondary N) is 2. The molecule has 5 rings (SSSR count). The molecule has 0 bridgehead atoms. The first-order valence-electron chi connectivity index (χ1n) is 10.5. The van der Waals surface area contributed by atoms with Gasteiger partial charge in [0.25, 0.3) is 0 Å². The van der Waals surface area contributed by atoms with Gasteiger partial charge in [-0.15, -0.1) is 0 Å². The zero-order chi connectivity index (χ0) is 19.8. The first-order chi connectivity index (χ1) is 14.2. The largest absolute Gasteiger partial charge is 0.498 e. The van der Waals surface area contributed by atoms with Crippen molar-refractivity contribution in [2.45, 2.75) is 43.1 Å². The number of aromatic amines is 1. The average molecular weight is 412 g/mol. The van der Waals surface area contributed by atoms with Gasteiger partial charge in [-0.25, -0.2) is 4.31 Å².